The number of carbonyl (C=O) groups excluding carboxylic acids is 2. The molecule has 1 fully saturated rings. The summed E-state index contributed by atoms with van der Waals surface area (Å²) in [6.45, 7) is 4.72. The van der Waals surface area contributed by atoms with Gasteiger partial charge in [0.25, 0.3) is 0 Å². The van der Waals surface area contributed by atoms with Gasteiger partial charge in [0.05, 0.1) is 30.2 Å². The topological polar surface area (TPSA) is 92.8 Å². The number of esters is 1. The van der Waals surface area contributed by atoms with Gasteiger partial charge in [-0.2, -0.15) is 0 Å². The van der Waals surface area contributed by atoms with E-state index < -0.39 is 21.8 Å². The summed E-state index contributed by atoms with van der Waals surface area (Å²) >= 11 is 0. The van der Waals surface area contributed by atoms with Gasteiger partial charge in [-0.15, -0.1) is 0 Å². The lowest BCUT2D eigenvalue weighted by Crippen LogP contribution is -2.56. The van der Waals surface area contributed by atoms with Crippen LogP contribution >= 0.6 is 0 Å². The van der Waals surface area contributed by atoms with Gasteiger partial charge >= 0.3 is 5.97 Å². The van der Waals surface area contributed by atoms with E-state index in [1.165, 1.54) is 7.11 Å². The lowest BCUT2D eigenvalue weighted by molar-refractivity contribution is -0.145. The van der Waals surface area contributed by atoms with Crippen molar-refractivity contribution < 1.29 is 22.7 Å². The second-order valence-corrected chi connectivity index (χ2v) is 8.29. The van der Waals surface area contributed by atoms with E-state index in [2.05, 4.69) is 10.1 Å². The molecule has 0 spiro atoms. The van der Waals surface area contributed by atoms with Crippen LogP contribution in [-0.2, 0) is 24.2 Å². The zero-order valence-corrected chi connectivity index (χ0v) is 15.6. The molecular weight excluding hydrogens is 344 g/mol. The summed E-state index contributed by atoms with van der Waals surface area (Å²) in [6.07, 6.45) is -0.0914. The van der Waals surface area contributed by atoms with Crippen LogP contribution in [0.25, 0.3) is 0 Å². The van der Waals surface area contributed by atoms with Gasteiger partial charge in [0, 0.05) is 19.6 Å². The maximum absolute atomic E-state index is 12.7. The fourth-order valence-electron chi connectivity index (χ4n) is 2.88. The number of hydrogen-bond donors (Lipinski definition) is 1. The lowest BCUT2D eigenvalue weighted by Gasteiger charge is -2.34. The highest BCUT2D eigenvalue weighted by molar-refractivity contribution is 7.91. The molecule has 2 rings (SSSR count). The van der Waals surface area contributed by atoms with Crippen molar-refractivity contribution in [2.24, 2.45) is 0 Å². The lowest BCUT2D eigenvalue weighted by atomic mass is 10.1. The Kier molecular flexibility index (Phi) is 6.18. The van der Waals surface area contributed by atoms with Crippen molar-refractivity contribution in [2.45, 2.75) is 31.2 Å². The quantitative estimate of drug-likeness (QED) is 0.733. The summed E-state index contributed by atoms with van der Waals surface area (Å²) < 4.78 is 30.0. The van der Waals surface area contributed by atoms with Gasteiger partial charge in [0.2, 0.25) is 5.91 Å². The van der Waals surface area contributed by atoms with Crippen LogP contribution in [0.1, 0.15) is 17.5 Å². The Labute approximate surface area is 148 Å². The highest BCUT2D eigenvalue weighted by Gasteiger charge is 2.32. The molecule has 1 aliphatic heterocycles. The molecule has 1 unspecified atom stereocenters. The smallest absolute Gasteiger partial charge is 0.307 e. The molecule has 8 heteroatoms. The van der Waals surface area contributed by atoms with Crippen LogP contribution in [0.3, 0.4) is 0 Å². The Bertz CT molecular complexity index is 760. The van der Waals surface area contributed by atoms with E-state index in [0.29, 0.717) is 23.5 Å². The van der Waals surface area contributed by atoms with Crippen molar-refractivity contribution in [3.05, 3.63) is 29.3 Å². The zero-order valence-electron chi connectivity index (χ0n) is 14.7. The number of amides is 1. The Hall–Kier alpha value is -1.93. The molecule has 1 aromatic carbocycles. The molecule has 1 atom stereocenters. The van der Waals surface area contributed by atoms with E-state index in [9.17, 15) is 18.0 Å². The van der Waals surface area contributed by atoms with Crippen LogP contribution in [0.5, 0.6) is 0 Å². The van der Waals surface area contributed by atoms with Crippen LogP contribution in [0.2, 0.25) is 0 Å². The summed E-state index contributed by atoms with van der Waals surface area (Å²) in [5, 5.41) is 2.70. The number of aryl methyl sites for hydroxylation is 2. The SMILES string of the molecule is COC(=O)CC1C(=O)NCCN1CCS(=O)(=O)c1cc(C)ccc1C. The second kappa shape index (κ2) is 7.97. The largest absolute Gasteiger partial charge is 0.469 e. The minimum Gasteiger partial charge on any atom is -0.469 e. The minimum atomic E-state index is -3.48. The Morgan fingerprint density at radius 1 is 1.36 bits per heavy atom. The first-order valence-electron chi connectivity index (χ1n) is 8.13. The van der Waals surface area contributed by atoms with Crippen molar-refractivity contribution in [1.29, 1.82) is 0 Å². The van der Waals surface area contributed by atoms with Crippen molar-refractivity contribution in [2.75, 3.05) is 32.5 Å². The predicted molar refractivity (Wildman–Crippen MR) is 93.0 cm³/mol. The molecule has 138 valence electrons. The van der Waals surface area contributed by atoms with E-state index in [0.717, 1.165) is 5.56 Å². The van der Waals surface area contributed by atoms with E-state index in [1.54, 1.807) is 24.0 Å². The molecule has 1 heterocycles. The summed E-state index contributed by atoms with van der Waals surface area (Å²) in [6, 6.07) is 4.63. The van der Waals surface area contributed by atoms with E-state index in [1.807, 2.05) is 13.0 Å². The van der Waals surface area contributed by atoms with Gasteiger partial charge < -0.3 is 10.1 Å². The number of sulfone groups is 1. The number of hydrogen-bond acceptors (Lipinski definition) is 6. The summed E-state index contributed by atoms with van der Waals surface area (Å²) in [5.74, 6) is -0.882. The van der Waals surface area contributed by atoms with E-state index in [4.69, 9.17) is 0 Å². The van der Waals surface area contributed by atoms with Crippen LogP contribution in [0.4, 0.5) is 0 Å². The Morgan fingerprint density at radius 3 is 2.76 bits per heavy atom. The van der Waals surface area contributed by atoms with Crippen molar-refractivity contribution in [1.82, 2.24) is 10.2 Å². The first-order valence-corrected chi connectivity index (χ1v) is 9.78. The number of methoxy groups -OCH3 is 1. The standard InChI is InChI=1S/C17H24N2O5S/c1-12-4-5-13(2)15(10-12)25(22,23)9-8-19-7-6-18-17(21)14(19)11-16(20)24-3/h4-5,10,14H,6-9,11H2,1-3H3,(H,18,21). The Morgan fingerprint density at radius 2 is 2.08 bits per heavy atom. The number of ether oxygens (including phenoxy) is 1. The third-order valence-corrected chi connectivity index (χ3v) is 6.19. The third-order valence-electron chi connectivity index (χ3n) is 4.36. The van der Waals surface area contributed by atoms with Crippen molar-refractivity contribution in [3.8, 4) is 0 Å². The number of piperazine rings is 1. The highest BCUT2D eigenvalue weighted by Crippen LogP contribution is 2.19. The van der Waals surface area contributed by atoms with Crippen molar-refractivity contribution in [3.63, 3.8) is 0 Å². The first-order chi connectivity index (χ1) is 11.7. The molecule has 25 heavy (non-hydrogen) atoms. The number of nitrogens with one attached hydrogen (secondary N) is 1. The van der Waals surface area contributed by atoms with Crippen molar-refractivity contribution >= 4 is 21.7 Å². The molecule has 1 saturated heterocycles. The van der Waals surface area contributed by atoms with Crippen LogP contribution in [0, 0.1) is 13.8 Å². The monoisotopic (exact) mass is 368 g/mol. The van der Waals surface area contributed by atoms with Gasteiger partial charge in [-0.1, -0.05) is 12.1 Å². The van der Waals surface area contributed by atoms with E-state index >= 15 is 0 Å². The van der Waals surface area contributed by atoms with Gasteiger partial charge in [-0.05, 0) is 31.0 Å². The summed E-state index contributed by atoms with van der Waals surface area (Å²) in [5.41, 5.74) is 1.58. The molecule has 0 aromatic heterocycles. The maximum Gasteiger partial charge on any atom is 0.307 e. The van der Waals surface area contributed by atoms with E-state index in [-0.39, 0.29) is 24.6 Å². The first kappa shape index (κ1) is 19.4. The number of nitrogens with zero attached hydrogens (tertiary/aromatic N) is 1. The molecule has 1 amide bonds. The highest BCUT2D eigenvalue weighted by atomic mass is 32.2. The van der Waals surface area contributed by atoms with Gasteiger partial charge in [-0.25, -0.2) is 8.42 Å². The van der Waals surface area contributed by atoms with Gasteiger partial charge in [0.15, 0.2) is 9.84 Å². The molecular formula is C17H24N2O5S. The molecule has 0 bridgehead atoms. The molecule has 7 nitrogen and oxygen atoms in total. The predicted octanol–water partition coefficient (Wildman–Crippen LogP) is 0.441. The number of benzene rings is 1. The fourth-order valence-corrected chi connectivity index (χ4v) is 4.50. The molecule has 1 aliphatic rings. The number of rotatable bonds is 6. The van der Waals surface area contributed by atoms with Crippen LogP contribution in [0.15, 0.2) is 23.1 Å². The molecule has 0 radical (unpaired) electrons. The van der Waals surface area contributed by atoms with Crippen LogP contribution < -0.4 is 5.32 Å². The average Bonchev–Trinajstić information content (AvgIpc) is 2.57. The zero-order chi connectivity index (χ0) is 18.6. The van der Waals surface area contributed by atoms with Gasteiger partial charge in [0.1, 0.15) is 0 Å². The molecule has 1 N–H and O–H groups in total. The molecule has 0 saturated carbocycles. The number of carbonyl (C=O) groups is 2. The maximum atomic E-state index is 12.7. The van der Waals surface area contributed by atoms with Gasteiger partial charge in [-0.3, -0.25) is 14.5 Å². The van der Waals surface area contributed by atoms with Crippen LogP contribution in [-0.4, -0.2) is 63.7 Å². The minimum absolute atomic E-state index is 0.0914. The molecule has 0 aliphatic carbocycles. The third kappa shape index (κ3) is 4.79. The summed E-state index contributed by atoms with van der Waals surface area (Å²) in [7, 11) is -2.22. The fraction of sp³-hybridized carbons (Fsp3) is 0.529. The second-order valence-electron chi connectivity index (χ2n) is 6.21. The normalized spacial score (nSPS) is 18.7. The average molecular weight is 368 g/mol. The summed E-state index contributed by atoms with van der Waals surface area (Å²) in [4.78, 5) is 25.6. The molecule has 1 aromatic rings. The Balaban J connectivity index is 2.13.